The van der Waals surface area contributed by atoms with Crippen molar-refractivity contribution >= 4 is 22.1 Å². The van der Waals surface area contributed by atoms with Crippen LogP contribution in [0.15, 0.2) is 59.7 Å². The number of allylic oxidation sites excluding steroid dienone is 3. The molecule has 0 aliphatic carbocycles. The van der Waals surface area contributed by atoms with E-state index < -0.39 is 11.9 Å². The van der Waals surface area contributed by atoms with Gasteiger partial charge < -0.3 is 4.74 Å². The maximum Gasteiger partial charge on any atom is 0.433 e. The molecule has 0 aliphatic rings. The highest BCUT2D eigenvalue weighted by molar-refractivity contribution is 5.95. The van der Waals surface area contributed by atoms with E-state index in [1.54, 1.807) is 6.07 Å². The van der Waals surface area contributed by atoms with Crippen molar-refractivity contribution in [3.05, 3.63) is 60.3 Å². The average Bonchev–Trinajstić information content (AvgIpc) is 2.62. The Morgan fingerprint density at radius 2 is 1.96 bits per heavy atom. The van der Waals surface area contributed by atoms with Crippen LogP contribution in [0, 0.1) is 11.3 Å². The van der Waals surface area contributed by atoms with Crippen LogP contribution in [0.4, 0.5) is 13.2 Å². The summed E-state index contributed by atoms with van der Waals surface area (Å²) in [6.07, 6.45) is -3.61. The van der Waals surface area contributed by atoms with Crippen molar-refractivity contribution in [3.8, 4) is 11.8 Å². The molecule has 0 N–H and O–H groups in total. The second kappa shape index (κ2) is 7.87. The first-order chi connectivity index (χ1) is 12.3. The molecule has 0 aromatic heterocycles. The quantitative estimate of drug-likeness (QED) is 0.510. The molecular formula is C20H17F3N2O. The van der Waals surface area contributed by atoms with Gasteiger partial charge in [-0.25, -0.2) is 4.99 Å². The van der Waals surface area contributed by atoms with Gasteiger partial charge in [-0.2, -0.15) is 18.4 Å². The lowest BCUT2D eigenvalue weighted by Crippen LogP contribution is -2.15. The molecular weight excluding hydrogens is 341 g/mol. The highest BCUT2D eigenvalue weighted by atomic mass is 19.4. The summed E-state index contributed by atoms with van der Waals surface area (Å²) in [5.74, 6) is 0.401. The zero-order valence-electron chi connectivity index (χ0n) is 14.4. The number of benzene rings is 2. The van der Waals surface area contributed by atoms with E-state index in [9.17, 15) is 13.2 Å². The van der Waals surface area contributed by atoms with Gasteiger partial charge in [0, 0.05) is 10.9 Å². The van der Waals surface area contributed by atoms with E-state index in [4.69, 9.17) is 10.00 Å². The summed E-state index contributed by atoms with van der Waals surface area (Å²) < 4.78 is 44.2. The molecule has 2 aromatic rings. The molecule has 6 heteroatoms. The Morgan fingerprint density at radius 1 is 1.27 bits per heavy atom. The highest BCUT2D eigenvalue weighted by Crippen LogP contribution is 2.33. The van der Waals surface area contributed by atoms with Crippen molar-refractivity contribution in [1.82, 2.24) is 0 Å². The third kappa shape index (κ3) is 4.31. The molecule has 0 bridgehead atoms. The second-order valence-corrected chi connectivity index (χ2v) is 5.56. The molecule has 26 heavy (non-hydrogen) atoms. The van der Waals surface area contributed by atoms with Crippen LogP contribution in [0.25, 0.3) is 16.3 Å². The van der Waals surface area contributed by atoms with E-state index in [1.165, 1.54) is 13.8 Å². The Hall–Kier alpha value is -3.07. The Bertz CT molecular complexity index is 934. The van der Waals surface area contributed by atoms with Crippen molar-refractivity contribution in [2.45, 2.75) is 20.0 Å². The van der Waals surface area contributed by atoms with Gasteiger partial charge in [0.1, 0.15) is 18.1 Å². The van der Waals surface area contributed by atoms with Crippen LogP contribution in [-0.2, 0) is 0 Å². The molecule has 0 spiro atoms. The lowest BCUT2D eigenvalue weighted by Gasteiger charge is -2.14. The Labute approximate surface area is 149 Å². The molecule has 0 atom stereocenters. The van der Waals surface area contributed by atoms with E-state index in [0.29, 0.717) is 11.3 Å². The fourth-order valence-electron chi connectivity index (χ4n) is 2.40. The van der Waals surface area contributed by atoms with Gasteiger partial charge in [0.25, 0.3) is 0 Å². The first kappa shape index (κ1) is 19.3. The Kier molecular flexibility index (Phi) is 5.83. The minimum absolute atomic E-state index is 0.146. The van der Waals surface area contributed by atoms with Crippen molar-refractivity contribution in [2.24, 2.45) is 4.99 Å². The largest absolute Gasteiger partial charge is 0.486 e. The van der Waals surface area contributed by atoms with Gasteiger partial charge in [-0.1, -0.05) is 43.0 Å². The second-order valence-electron chi connectivity index (χ2n) is 5.56. The van der Waals surface area contributed by atoms with Crippen molar-refractivity contribution < 1.29 is 17.9 Å². The monoisotopic (exact) mass is 358 g/mol. The minimum Gasteiger partial charge on any atom is -0.486 e. The topological polar surface area (TPSA) is 45.4 Å². The summed E-state index contributed by atoms with van der Waals surface area (Å²) in [4.78, 5) is 3.60. The first-order valence-corrected chi connectivity index (χ1v) is 7.79. The zero-order chi connectivity index (χ0) is 19.3. The molecule has 0 unspecified atom stereocenters. The summed E-state index contributed by atoms with van der Waals surface area (Å²) in [7, 11) is 0. The number of alkyl halides is 3. The van der Waals surface area contributed by atoms with Gasteiger partial charge >= 0.3 is 6.18 Å². The van der Waals surface area contributed by atoms with Gasteiger partial charge in [0.15, 0.2) is 0 Å². The van der Waals surface area contributed by atoms with Crippen LogP contribution in [0.2, 0.25) is 0 Å². The Balaban J connectivity index is 2.38. The smallest absolute Gasteiger partial charge is 0.433 e. The lowest BCUT2D eigenvalue weighted by molar-refractivity contribution is -0.0924. The van der Waals surface area contributed by atoms with Crippen LogP contribution in [-0.4, -0.2) is 18.5 Å². The predicted molar refractivity (Wildman–Crippen MR) is 97.0 cm³/mol. The van der Waals surface area contributed by atoms with Crippen LogP contribution >= 0.6 is 0 Å². The van der Waals surface area contributed by atoms with Crippen molar-refractivity contribution in [1.29, 1.82) is 5.26 Å². The Morgan fingerprint density at radius 3 is 2.58 bits per heavy atom. The van der Waals surface area contributed by atoms with Gasteiger partial charge in [-0.15, -0.1) is 0 Å². The number of hydrogen-bond donors (Lipinski definition) is 0. The van der Waals surface area contributed by atoms with Crippen LogP contribution < -0.4 is 4.74 Å². The zero-order valence-corrected chi connectivity index (χ0v) is 14.4. The number of rotatable bonds is 5. The molecule has 3 nitrogen and oxygen atoms in total. The summed E-state index contributed by atoms with van der Waals surface area (Å²) in [5, 5.41) is 10.8. The highest BCUT2D eigenvalue weighted by Gasteiger charge is 2.33. The predicted octanol–water partition coefficient (Wildman–Crippen LogP) is 5.68. The molecule has 134 valence electrons. The summed E-state index contributed by atoms with van der Waals surface area (Å²) in [6.45, 7) is 6.29. The number of hydrogen-bond acceptors (Lipinski definition) is 3. The first-order valence-electron chi connectivity index (χ1n) is 7.79. The van der Waals surface area contributed by atoms with E-state index >= 15 is 0 Å². The average molecular weight is 358 g/mol. The molecule has 0 fully saturated rings. The van der Waals surface area contributed by atoms with Crippen molar-refractivity contribution in [3.63, 3.8) is 0 Å². The summed E-state index contributed by atoms with van der Waals surface area (Å²) in [5.41, 5.74) is -0.0964. The minimum atomic E-state index is -4.52. The molecule has 0 saturated carbocycles. The third-order valence-electron chi connectivity index (χ3n) is 3.64. The third-order valence-corrected chi connectivity index (χ3v) is 3.64. The molecule has 0 aliphatic heterocycles. The maximum atomic E-state index is 12.8. The molecule has 2 aromatic carbocycles. The normalized spacial score (nSPS) is 12.8. The van der Waals surface area contributed by atoms with E-state index in [-0.39, 0.29) is 17.9 Å². The van der Waals surface area contributed by atoms with Gasteiger partial charge in [0.05, 0.1) is 17.4 Å². The molecule has 0 saturated heterocycles. The van der Waals surface area contributed by atoms with Gasteiger partial charge in [-0.3, -0.25) is 0 Å². The fourth-order valence-corrected chi connectivity index (χ4v) is 2.40. The fraction of sp³-hybridized carbons (Fsp3) is 0.200. The molecule has 0 heterocycles. The number of ether oxygens (including phenoxy) is 1. The van der Waals surface area contributed by atoms with Gasteiger partial charge in [0.2, 0.25) is 0 Å². The maximum absolute atomic E-state index is 12.8. The van der Waals surface area contributed by atoms with Crippen LogP contribution in [0.1, 0.15) is 19.4 Å². The standard InChI is InChI=1S/C20H17F3N2O/c1-4-18(20(21,22)23)25-14(3)12-26-19-16(13(2)11-24)10-9-15-7-5-6-8-17(15)19/h4-10H,2,12H2,1,3H3/b18-4-,25-14?. The van der Waals surface area contributed by atoms with Gasteiger partial charge in [-0.05, 0) is 25.3 Å². The number of nitriles is 1. The lowest BCUT2D eigenvalue weighted by atomic mass is 10.0. The van der Waals surface area contributed by atoms with E-state index in [0.717, 1.165) is 16.8 Å². The number of nitrogens with zero attached hydrogens (tertiary/aromatic N) is 2. The summed E-state index contributed by atoms with van der Waals surface area (Å²) in [6, 6.07) is 12.9. The SMILES string of the molecule is C=C(C#N)c1ccc2ccccc2c1OCC(C)=N/C(=C\C)C(F)(F)F. The molecule has 2 rings (SSSR count). The van der Waals surface area contributed by atoms with E-state index in [2.05, 4.69) is 11.6 Å². The number of fused-ring (bicyclic) bond motifs is 1. The van der Waals surface area contributed by atoms with E-state index in [1.807, 2.05) is 36.4 Å². The van der Waals surface area contributed by atoms with Crippen molar-refractivity contribution in [2.75, 3.05) is 6.61 Å². The van der Waals surface area contributed by atoms with Crippen LogP contribution in [0.5, 0.6) is 5.75 Å². The molecule has 0 radical (unpaired) electrons. The molecule has 0 amide bonds. The van der Waals surface area contributed by atoms with Crippen LogP contribution in [0.3, 0.4) is 0 Å². The number of halogens is 3. The number of aliphatic imine (C=N–C) groups is 1. The summed E-state index contributed by atoms with van der Waals surface area (Å²) >= 11 is 0.